The molecule has 2 saturated heterocycles. The van der Waals surface area contributed by atoms with Crippen LogP contribution in [0, 0.1) is 5.92 Å². The Morgan fingerprint density at radius 2 is 1.97 bits per heavy atom. The van der Waals surface area contributed by atoms with E-state index in [1.807, 2.05) is 14.0 Å². The zero-order valence-electron chi connectivity index (χ0n) is 18.2. The molecule has 0 bridgehead atoms. The predicted octanol–water partition coefficient (Wildman–Crippen LogP) is 4.31. The quantitative estimate of drug-likeness (QED) is 0.323. The number of ether oxygens (including phenoxy) is 2. The molecule has 0 aliphatic carbocycles. The highest BCUT2D eigenvalue weighted by atomic mass is 127. The second-order valence-corrected chi connectivity index (χ2v) is 8.25. The fourth-order valence-corrected chi connectivity index (χ4v) is 4.22. The van der Waals surface area contributed by atoms with Gasteiger partial charge in [-0.25, -0.2) is 0 Å². The van der Waals surface area contributed by atoms with Crippen molar-refractivity contribution >= 4 is 29.9 Å². The van der Waals surface area contributed by atoms with Crippen molar-refractivity contribution in [2.75, 3.05) is 53.1 Å². The van der Waals surface area contributed by atoms with E-state index in [-0.39, 0.29) is 24.0 Å². The molecule has 2 aliphatic rings. The maximum atomic E-state index is 13.3. The lowest BCUT2D eigenvalue weighted by atomic mass is 9.74. The summed E-state index contributed by atoms with van der Waals surface area (Å²) in [5.41, 5.74) is -0.385. The van der Waals surface area contributed by atoms with Crippen LogP contribution in [-0.4, -0.2) is 64.0 Å². The lowest BCUT2D eigenvalue weighted by molar-refractivity contribution is -0.137. The highest BCUT2D eigenvalue weighted by molar-refractivity contribution is 14.0. The minimum Gasteiger partial charge on any atom is -0.381 e. The molecule has 1 N–H and O–H groups in total. The molecule has 1 aromatic rings. The van der Waals surface area contributed by atoms with E-state index in [1.54, 1.807) is 6.07 Å². The Morgan fingerprint density at radius 3 is 2.58 bits per heavy atom. The van der Waals surface area contributed by atoms with E-state index in [1.165, 1.54) is 12.1 Å². The SMILES string of the molecule is CCNC(=NCC1(c2cccc(C(F)(F)F)c2)CCOCC1)N(C)CC1CCOC1.I. The Labute approximate surface area is 199 Å². The molecule has 1 atom stereocenters. The van der Waals surface area contributed by atoms with Gasteiger partial charge >= 0.3 is 6.18 Å². The van der Waals surface area contributed by atoms with Crippen LogP contribution in [0.15, 0.2) is 29.3 Å². The maximum Gasteiger partial charge on any atom is 0.416 e. The number of alkyl halides is 3. The van der Waals surface area contributed by atoms with E-state index in [9.17, 15) is 13.2 Å². The first-order valence-corrected chi connectivity index (χ1v) is 10.7. The molecule has 176 valence electrons. The molecule has 0 aromatic heterocycles. The summed E-state index contributed by atoms with van der Waals surface area (Å²) in [5, 5.41) is 3.32. The molecular formula is C22H33F3IN3O2. The Balaban J connectivity index is 0.00000341. The van der Waals surface area contributed by atoms with Crippen molar-refractivity contribution in [3.05, 3.63) is 35.4 Å². The van der Waals surface area contributed by atoms with Crippen LogP contribution in [-0.2, 0) is 21.1 Å². The first-order chi connectivity index (χ1) is 14.3. The topological polar surface area (TPSA) is 46.1 Å². The number of rotatable bonds is 6. The largest absolute Gasteiger partial charge is 0.416 e. The zero-order chi connectivity index (χ0) is 21.6. The third-order valence-corrected chi connectivity index (χ3v) is 6.04. The molecule has 2 heterocycles. The number of nitrogens with zero attached hydrogens (tertiary/aromatic N) is 2. The van der Waals surface area contributed by atoms with Crippen molar-refractivity contribution in [2.24, 2.45) is 10.9 Å². The summed E-state index contributed by atoms with van der Waals surface area (Å²) < 4.78 is 50.9. The number of aliphatic imine (C=N–C) groups is 1. The van der Waals surface area contributed by atoms with Gasteiger partial charge in [0.05, 0.1) is 18.7 Å². The standard InChI is InChI=1S/C22H32F3N3O2.HI/c1-3-26-20(28(2)14-17-7-10-30-15-17)27-16-21(8-11-29-12-9-21)18-5-4-6-19(13-18)22(23,24)25;/h4-6,13,17H,3,7-12,14-16H2,1-2H3,(H,26,27);1H. The molecule has 2 aliphatic heterocycles. The summed E-state index contributed by atoms with van der Waals surface area (Å²) in [6.45, 7) is 6.61. The van der Waals surface area contributed by atoms with Gasteiger partial charge in [-0.15, -0.1) is 24.0 Å². The van der Waals surface area contributed by atoms with Gasteiger partial charge in [0.2, 0.25) is 0 Å². The number of hydrogen-bond donors (Lipinski definition) is 1. The summed E-state index contributed by atoms with van der Waals surface area (Å²) in [6, 6.07) is 5.70. The zero-order valence-corrected chi connectivity index (χ0v) is 20.5. The monoisotopic (exact) mass is 555 g/mol. The number of guanidine groups is 1. The predicted molar refractivity (Wildman–Crippen MR) is 126 cm³/mol. The minimum atomic E-state index is -4.36. The van der Waals surface area contributed by atoms with Gasteiger partial charge in [-0.2, -0.15) is 13.2 Å². The van der Waals surface area contributed by atoms with Crippen molar-refractivity contribution in [1.82, 2.24) is 10.2 Å². The summed E-state index contributed by atoms with van der Waals surface area (Å²) in [5.74, 6) is 1.25. The molecule has 1 aromatic carbocycles. The number of hydrogen-bond acceptors (Lipinski definition) is 3. The van der Waals surface area contributed by atoms with Crippen LogP contribution in [0.5, 0.6) is 0 Å². The molecule has 0 radical (unpaired) electrons. The second kappa shape index (κ2) is 11.7. The van der Waals surface area contributed by atoms with Crippen LogP contribution in [0.4, 0.5) is 13.2 Å². The Kier molecular flexibility index (Phi) is 9.88. The second-order valence-electron chi connectivity index (χ2n) is 8.25. The fourth-order valence-electron chi connectivity index (χ4n) is 4.22. The Morgan fingerprint density at radius 1 is 1.23 bits per heavy atom. The average Bonchev–Trinajstić information content (AvgIpc) is 3.24. The van der Waals surface area contributed by atoms with E-state index < -0.39 is 17.2 Å². The van der Waals surface area contributed by atoms with Gasteiger partial charge in [-0.1, -0.05) is 18.2 Å². The molecule has 2 fully saturated rings. The normalized spacial score (nSPS) is 21.5. The Bertz CT molecular complexity index is 718. The van der Waals surface area contributed by atoms with Gasteiger partial charge < -0.3 is 19.7 Å². The summed E-state index contributed by atoms with van der Waals surface area (Å²) in [6.07, 6.45) is -2.02. The summed E-state index contributed by atoms with van der Waals surface area (Å²) in [7, 11) is 2.00. The first-order valence-electron chi connectivity index (χ1n) is 10.7. The van der Waals surface area contributed by atoms with E-state index in [0.29, 0.717) is 44.1 Å². The number of benzene rings is 1. The average molecular weight is 555 g/mol. The van der Waals surface area contributed by atoms with Gasteiger partial charge in [-0.3, -0.25) is 4.99 Å². The van der Waals surface area contributed by atoms with Crippen LogP contribution in [0.25, 0.3) is 0 Å². The molecule has 9 heteroatoms. The molecule has 5 nitrogen and oxygen atoms in total. The lowest BCUT2D eigenvalue weighted by Gasteiger charge is -2.37. The third-order valence-electron chi connectivity index (χ3n) is 6.04. The van der Waals surface area contributed by atoms with E-state index in [0.717, 1.165) is 44.8 Å². The van der Waals surface area contributed by atoms with Crippen molar-refractivity contribution in [2.45, 2.75) is 37.8 Å². The third kappa shape index (κ3) is 6.95. The molecular weight excluding hydrogens is 522 g/mol. The van der Waals surface area contributed by atoms with Crippen molar-refractivity contribution in [1.29, 1.82) is 0 Å². The smallest absolute Gasteiger partial charge is 0.381 e. The highest BCUT2D eigenvalue weighted by Crippen LogP contribution is 2.38. The van der Waals surface area contributed by atoms with Crippen LogP contribution < -0.4 is 5.32 Å². The van der Waals surface area contributed by atoms with E-state index >= 15 is 0 Å². The summed E-state index contributed by atoms with van der Waals surface area (Å²) >= 11 is 0. The summed E-state index contributed by atoms with van der Waals surface area (Å²) in [4.78, 5) is 6.97. The van der Waals surface area contributed by atoms with Crippen LogP contribution >= 0.6 is 24.0 Å². The lowest BCUT2D eigenvalue weighted by Crippen LogP contribution is -2.43. The van der Waals surface area contributed by atoms with Crippen molar-refractivity contribution < 1.29 is 22.6 Å². The fraction of sp³-hybridized carbons (Fsp3) is 0.682. The van der Waals surface area contributed by atoms with Crippen LogP contribution in [0.2, 0.25) is 0 Å². The molecule has 3 rings (SSSR count). The minimum absolute atomic E-state index is 0. The van der Waals surface area contributed by atoms with Gasteiger partial charge in [0.1, 0.15) is 0 Å². The van der Waals surface area contributed by atoms with E-state index in [2.05, 4.69) is 10.2 Å². The van der Waals surface area contributed by atoms with Gasteiger partial charge in [-0.05, 0) is 37.8 Å². The molecule has 31 heavy (non-hydrogen) atoms. The van der Waals surface area contributed by atoms with E-state index in [4.69, 9.17) is 14.5 Å². The highest BCUT2D eigenvalue weighted by Gasteiger charge is 2.37. The number of nitrogens with one attached hydrogen (secondary N) is 1. The van der Waals surface area contributed by atoms with Crippen molar-refractivity contribution in [3.8, 4) is 0 Å². The maximum absolute atomic E-state index is 13.3. The number of halogens is 4. The van der Waals surface area contributed by atoms with Crippen LogP contribution in [0.1, 0.15) is 37.3 Å². The van der Waals surface area contributed by atoms with Crippen LogP contribution in [0.3, 0.4) is 0 Å². The molecule has 0 amide bonds. The Hall–Kier alpha value is -1.07. The molecule has 0 spiro atoms. The van der Waals surface area contributed by atoms with Gasteiger partial charge in [0.25, 0.3) is 0 Å². The first kappa shape index (κ1) is 26.2. The molecule has 1 unspecified atom stereocenters. The van der Waals surface area contributed by atoms with Gasteiger partial charge in [0.15, 0.2) is 5.96 Å². The van der Waals surface area contributed by atoms with Gasteiger partial charge in [0, 0.05) is 51.3 Å². The molecule has 0 saturated carbocycles. The van der Waals surface area contributed by atoms with Crippen molar-refractivity contribution in [3.63, 3.8) is 0 Å².